The van der Waals surface area contributed by atoms with Gasteiger partial charge in [-0.1, -0.05) is 57.3 Å². The van der Waals surface area contributed by atoms with Crippen molar-refractivity contribution >= 4 is 23.8 Å². The lowest BCUT2D eigenvalue weighted by molar-refractivity contribution is -0.144. The molecule has 2 heterocycles. The molecule has 2 saturated heterocycles. The number of alkyl halides is 16. The highest BCUT2D eigenvalue weighted by atomic mass is 35.5. The highest BCUT2D eigenvalue weighted by Crippen LogP contribution is 2.45. The lowest BCUT2D eigenvalue weighted by atomic mass is 9.91. The third kappa shape index (κ3) is 15.8. The maximum Gasteiger partial charge on any atom is 0.416 e. The molecule has 2 fully saturated rings. The zero-order valence-corrected chi connectivity index (χ0v) is 45.9. The zero-order chi connectivity index (χ0) is 73.9. The van der Waals surface area contributed by atoms with E-state index in [1.165, 1.54) is 21.0 Å². The summed E-state index contributed by atoms with van der Waals surface area (Å²) in [5.74, 6) is -8.11. The van der Waals surface area contributed by atoms with Crippen LogP contribution < -0.4 is 14.8 Å². The van der Waals surface area contributed by atoms with Gasteiger partial charge in [-0.3, -0.25) is 4.90 Å². The molecule has 1 N–H and O–H groups in total. The Balaban J connectivity index is 0.000000255. The fourth-order valence-corrected chi connectivity index (χ4v) is 9.33. The maximum atomic E-state index is 15.1. The Bertz CT molecular complexity index is 3840. The predicted octanol–water partition coefficient (Wildman–Crippen LogP) is 19.3. The van der Waals surface area contributed by atoms with Crippen LogP contribution in [0.3, 0.4) is 0 Å². The number of amides is 2. The van der Waals surface area contributed by atoms with Gasteiger partial charge in [-0.25, -0.2) is 18.4 Å². The van der Waals surface area contributed by atoms with Crippen LogP contribution in [-0.4, -0.2) is 43.4 Å². The summed E-state index contributed by atoms with van der Waals surface area (Å²) in [7, 11) is 2.40. The van der Waals surface area contributed by atoms with E-state index in [2.05, 4.69) is 5.32 Å². The second-order valence-corrected chi connectivity index (χ2v) is 19.6. The maximum absolute atomic E-state index is 15.1. The van der Waals surface area contributed by atoms with Crippen LogP contribution in [-0.2, 0) is 52.8 Å². The fraction of sp³-hybridized carbons (Fsp3) is 0.367. The summed E-state index contributed by atoms with van der Waals surface area (Å²) in [6, 6.07) is 10.8. The highest BCUT2D eigenvalue weighted by Gasteiger charge is 2.45. The molecular formula is C60H54ClF17N2O6. The number of halogens is 18. The summed E-state index contributed by atoms with van der Waals surface area (Å²) >= 11 is 6.02. The average molecular weight is 1270 g/mol. The minimum absolute atomic E-state index is 0.0262. The molecule has 2 amide bonds. The Morgan fingerprint density at radius 2 is 1.00 bits per heavy atom. The van der Waals surface area contributed by atoms with Gasteiger partial charge in [0.25, 0.3) is 0 Å². The van der Waals surface area contributed by atoms with E-state index in [0.29, 0.717) is 47.5 Å². The van der Waals surface area contributed by atoms with Crippen molar-refractivity contribution in [3.05, 3.63) is 175 Å². The summed E-state index contributed by atoms with van der Waals surface area (Å²) in [6.07, 6.45) is -30.3. The smallest absolute Gasteiger partial charge is 0.416 e. The zero-order valence-electron chi connectivity index (χ0n) is 56.2. The number of benzene rings is 6. The highest BCUT2D eigenvalue weighted by molar-refractivity contribution is 6.17. The Kier molecular flexibility index (Phi) is 15.9. The molecule has 86 heavy (non-hydrogen) atoms. The molecule has 2 aliphatic rings. The molecule has 6 aromatic carbocycles. The van der Waals surface area contributed by atoms with Crippen LogP contribution in [0.2, 0.25) is 0 Å². The number of carbonyl (C=O) groups is 2. The summed E-state index contributed by atoms with van der Waals surface area (Å²) in [5, 5.41) is 2.26. The first-order valence-electron chi connectivity index (χ1n) is 30.2. The molecule has 0 aromatic heterocycles. The third-order valence-corrected chi connectivity index (χ3v) is 13.6. The van der Waals surface area contributed by atoms with E-state index in [1.807, 2.05) is 13.0 Å². The number of rotatable bonds is 11. The Labute approximate surface area is 502 Å². The van der Waals surface area contributed by atoms with Gasteiger partial charge < -0.3 is 24.3 Å². The number of nitrogens with zero attached hydrogens (tertiary/aromatic N) is 1. The number of aryl methyl sites for hydroxylation is 1. The van der Waals surface area contributed by atoms with Crippen molar-refractivity contribution in [2.75, 3.05) is 14.2 Å². The topological polar surface area (TPSA) is 86.3 Å². The summed E-state index contributed by atoms with van der Waals surface area (Å²) in [6.45, 7) is -5.03. The largest absolute Gasteiger partial charge is 0.496 e. The van der Waals surface area contributed by atoms with Crippen LogP contribution in [0.25, 0.3) is 22.3 Å². The van der Waals surface area contributed by atoms with E-state index >= 15 is 4.39 Å². The molecule has 466 valence electrons. The van der Waals surface area contributed by atoms with Crippen LogP contribution in [0, 0.1) is 18.6 Å². The van der Waals surface area contributed by atoms with Gasteiger partial charge in [-0.15, -0.1) is 11.6 Å². The number of nitrogens with one attached hydrogen (secondary N) is 1. The number of ether oxygens (including phenoxy) is 4. The van der Waals surface area contributed by atoms with Crippen molar-refractivity contribution in [3.63, 3.8) is 0 Å². The molecule has 8 nitrogen and oxygen atoms in total. The van der Waals surface area contributed by atoms with Crippen molar-refractivity contribution in [1.29, 1.82) is 0 Å². The van der Waals surface area contributed by atoms with Gasteiger partial charge >= 0.3 is 43.1 Å². The summed E-state index contributed by atoms with van der Waals surface area (Å²) < 4.78 is 334. The Morgan fingerprint density at radius 1 is 0.570 bits per heavy atom. The molecule has 6 aromatic rings. The molecule has 1 unspecified atom stereocenters. The minimum Gasteiger partial charge on any atom is -0.496 e. The van der Waals surface area contributed by atoms with Crippen molar-refractivity contribution in [2.24, 2.45) is 0 Å². The first-order valence-corrected chi connectivity index (χ1v) is 25.2. The monoisotopic (exact) mass is 1270 g/mol. The van der Waals surface area contributed by atoms with Crippen molar-refractivity contribution < 1.29 is 118 Å². The van der Waals surface area contributed by atoms with E-state index in [1.54, 1.807) is 12.1 Å². The SMILES string of the molecule is C[C@@H]1NC(=O)O[C@@H]1c1cc(C(F)(F)F)cc(C(F)(F)F)c1.[2H]C([2H])([2H])C([2H])(C)c1cc(-c2ccc(C(F)(F)F)cc2CN2C(=O)O[C@H](c3cc(C(F)(F)F)cc(C(F)(F)F)c3)[C@@H]2C)c(OC)cc1F.[2H]C([2H])([2H])C([2H])(c1cc(-c2ccc(C)cc2CCl)c(OC)cc1F)C([2H])([2H])[2H]. The van der Waals surface area contributed by atoms with Gasteiger partial charge in [-0.05, 0) is 138 Å². The van der Waals surface area contributed by atoms with Crippen molar-refractivity contribution in [1.82, 2.24) is 10.2 Å². The molecule has 8 rings (SSSR count). The standard InChI is InChI=1S/C30H25F10NO3.C18H20ClFO.C12H9F6NO2/c1-14(2)22-11-23(25(43-4)12-24(22)31)21-6-5-18(28(32,33)34)9-17(21)13-41-15(3)26(44-27(41)42)16-7-19(29(35,36)37)10-20(8-16)30(38,39)40;1-11(2)15-8-16(18(21-4)9-17(15)20)14-6-5-12(3)7-13(14)10-19;1-5-9(21-10(20)19-5)6-2-7(11(13,14)15)4-8(3-6)12(16,17)18/h5-12,14-15,26H,13H2,1-4H3;5-9,11H,10H2,1-4H3;2-5,9H,1H3,(H,19,20)/t15-,26-;;5-,9-/m0.0/s1/i1D3,14D;1D3,2D3,11D;/t14?,15-,26-;;. The molecule has 0 spiro atoms. The first-order chi connectivity index (χ1) is 44.0. The number of hydrogen-bond acceptors (Lipinski definition) is 6. The number of methoxy groups -OCH3 is 2. The van der Waals surface area contributed by atoms with E-state index in [-0.39, 0.29) is 57.3 Å². The normalized spacial score (nSPS) is 20.5. The molecule has 0 aliphatic carbocycles. The fourth-order valence-electron chi connectivity index (χ4n) is 9.11. The molecule has 0 radical (unpaired) electrons. The Hall–Kier alpha value is -7.44. The van der Waals surface area contributed by atoms with Crippen LogP contribution >= 0.6 is 11.6 Å². The molecule has 26 heteroatoms. The minimum atomic E-state index is -5.21. The lowest BCUT2D eigenvalue weighted by Gasteiger charge is -2.24. The average Bonchev–Trinajstić information content (AvgIpc) is 1.31. The summed E-state index contributed by atoms with van der Waals surface area (Å²) in [4.78, 5) is 24.8. The van der Waals surface area contributed by atoms with E-state index in [9.17, 15) is 79.8 Å². The molecule has 0 saturated carbocycles. The lowest BCUT2D eigenvalue weighted by Crippen LogP contribution is -2.32. The predicted molar refractivity (Wildman–Crippen MR) is 283 cm³/mol. The van der Waals surface area contributed by atoms with E-state index in [4.69, 9.17) is 45.6 Å². The molecule has 5 atom stereocenters. The molecule has 2 aliphatic heterocycles. The van der Waals surface area contributed by atoms with Gasteiger partial charge in [-0.2, -0.15) is 65.9 Å². The molecule has 0 bridgehead atoms. The Morgan fingerprint density at radius 3 is 1.41 bits per heavy atom. The second kappa shape index (κ2) is 25.9. The van der Waals surface area contributed by atoms with Crippen LogP contribution in [0.1, 0.15) is 147 Å². The molecular weight excluding hydrogens is 1200 g/mol. The van der Waals surface area contributed by atoms with Crippen LogP contribution in [0.5, 0.6) is 11.5 Å². The number of alkyl carbamates (subject to hydrolysis) is 1. The number of hydrogen-bond donors (Lipinski definition) is 1. The van der Waals surface area contributed by atoms with E-state index in [0.717, 1.165) is 54.8 Å². The summed E-state index contributed by atoms with van der Waals surface area (Å²) in [5.41, 5.74) is -8.12. The van der Waals surface area contributed by atoms with Crippen molar-refractivity contribution in [3.8, 4) is 33.8 Å². The second-order valence-electron chi connectivity index (χ2n) is 19.3. The van der Waals surface area contributed by atoms with Gasteiger partial charge in [0.2, 0.25) is 0 Å². The quantitative estimate of drug-likeness (QED) is 0.103. The van der Waals surface area contributed by atoms with Gasteiger partial charge in [0.15, 0.2) is 0 Å². The van der Waals surface area contributed by atoms with Crippen molar-refractivity contribution in [2.45, 2.75) is 128 Å². The van der Waals surface area contributed by atoms with Crippen LogP contribution in [0.4, 0.5) is 84.2 Å². The number of carbonyl (C=O) groups excluding carboxylic acids is 2. The van der Waals surface area contributed by atoms with Gasteiger partial charge in [0.05, 0.1) is 60.7 Å². The first kappa shape index (κ1) is 52.9. The van der Waals surface area contributed by atoms with Gasteiger partial charge in [0, 0.05) is 44.2 Å². The van der Waals surface area contributed by atoms with Crippen LogP contribution in [0.15, 0.2) is 97.1 Å². The number of cyclic esters (lactones) is 2. The third-order valence-electron chi connectivity index (χ3n) is 13.3. The van der Waals surface area contributed by atoms with Gasteiger partial charge in [0.1, 0.15) is 35.3 Å². The van der Waals surface area contributed by atoms with E-state index < -0.39 is 162 Å².